The second kappa shape index (κ2) is 6.88. The number of carbonyl (C=O) groups is 4. The van der Waals surface area contributed by atoms with Gasteiger partial charge in [0.25, 0.3) is 0 Å². The van der Waals surface area contributed by atoms with Crippen LogP contribution in [0.4, 0.5) is 5.69 Å². The molecule has 4 rings (SSSR count). The number of carbonyl (C=O) groups excluding carboxylic acids is 3. The fourth-order valence-electron chi connectivity index (χ4n) is 3.79. The fraction of sp³-hybridized carbons (Fsp3) is 0.182. The van der Waals surface area contributed by atoms with E-state index in [0.717, 1.165) is 0 Å². The van der Waals surface area contributed by atoms with E-state index in [9.17, 15) is 24.3 Å². The van der Waals surface area contributed by atoms with E-state index >= 15 is 0 Å². The molecule has 2 aromatic rings. The lowest BCUT2D eigenvalue weighted by Gasteiger charge is -2.24. The summed E-state index contributed by atoms with van der Waals surface area (Å²) >= 11 is 0. The highest BCUT2D eigenvalue weighted by atomic mass is 16.4. The molecule has 6 heteroatoms. The molecule has 0 bridgehead atoms. The zero-order chi connectivity index (χ0) is 19.8. The number of fused-ring (bicyclic) bond motifs is 2. The molecule has 28 heavy (non-hydrogen) atoms. The third-order valence-corrected chi connectivity index (χ3v) is 5.28. The van der Waals surface area contributed by atoms with Gasteiger partial charge in [0, 0.05) is 27.9 Å². The van der Waals surface area contributed by atoms with Crippen LogP contribution in [0.1, 0.15) is 44.7 Å². The van der Waals surface area contributed by atoms with E-state index in [0.29, 0.717) is 35.2 Å². The van der Waals surface area contributed by atoms with E-state index in [-0.39, 0.29) is 17.1 Å². The molecule has 0 fully saturated rings. The normalized spacial score (nSPS) is 20.3. The third kappa shape index (κ3) is 2.93. The highest BCUT2D eigenvalue weighted by molar-refractivity contribution is 6.28. The maximum Gasteiger partial charge on any atom is 0.307 e. The summed E-state index contributed by atoms with van der Waals surface area (Å²) in [6.45, 7) is 0. The SMILES string of the molecule is O=C1c2ccccc2C(=O)c2cc(NC(=O)C3CC=CCC3C(=O)O)ccc21. The summed E-state index contributed by atoms with van der Waals surface area (Å²) in [6, 6.07) is 11.2. The Morgan fingerprint density at radius 3 is 2.04 bits per heavy atom. The Balaban J connectivity index is 1.62. The van der Waals surface area contributed by atoms with E-state index in [1.807, 2.05) is 0 Å². The first-order valence-electron chi connectivity index (χ1n) is 8.98. The van der Waals surface area contributed by atoms with Crippen molar-refractivity contribution >= 4 is 29.1 Å². The predicted molar refractivity (Wildman–Crippen MR) is 101 cm³/mol. The molecule has 2 aromatic carbocycles. The predicted octanol–water partition coefficient (Wildman–Crippen LogP) is 3.07. The summed E-state index contributed by atoms with van der Waals surface area (Å²) in [4.78, 5) is 49.5. The summed E-state index contributed by atoms with van der Waals surface area (Å²) in [5.41, 5.74) is 1.61. The number of allylic oxidation sites excluding steroid dienone is 2. The monoisotopic (exact) mass is 375 g/mol. The largest absolute Gasteiger partial charge is 0.481 e. The van der Waals surface area contributed by atoms with Crippen LogP contribution in [0.25, 0.3) is 0 Å². The smallest absolute Gasteiger partial charge is 0.307 e. The van der Waals surface area contributed by atoms with Crippen molar-refractivity contribution in [2.45, 2.75) is 12.8 Å². The average molecular weight is 375 g/mol. The molecule has 0 saturated heterocycles. The molecule has 0 heterocycles. The Hall–Kier alpha value is -3.54. The first-order valence-corrected chi connectivity index (χ1v) is 8.98. The van der Waals surface area contributed by atoms with Gasteiger partial charge in [-0.3, -0.25) is 19.2 Å². The summed E-state index contributed by atoms with van der Waals surface area (Å²) < 4.78 is 0. The lowest BCUT2D eigenvalue weighted by molar-refractivity contribution is -0.146. The van der Waals surface area contributed by atoms with Crippen molar-refractivity contribution < 1.29 is 24.3 Å². The van der Waals surface area contributed by atoms with Crippen LogP contribution >= 0.6 is 0 Å². The Bertz CT molecular complexity index is 1050. The van der Waals surface area contributed by atoms with Gasteiger partial charge in [-0.15, -0.1) is 0 Å². The van der Waals surface area contributed by atoms with Gasteiger partial charge in [0.05, 0.1) is 11.8 Å². The number of carboxylic acid groups (broad SMARTS) is 1. The van der Waals surface area contributed by atoms with Gasteiger partial charge in [-0.05, 0) is 31.0 Å². The molecule has 2 N–H and O–H groups in total. The average Bonchev–Trinajstić information content (AvgIpc) is 2.72. The van der Waals surface area contributed by atoms with Crippen molar-refractivity contribution in [2.24, 2.45) is 11.8 Å². The van der Waals surface area contributed by atoms with Crippen molar-refractivity contribution in [3.8, 4) is 0 Å². The van der Waals surface area contributed by atoms with Crippen molar-refractivity contribution in [3.63, 3.8) is 0 Å². The molecule has 0 radical (unpaired) electrons. The van der Waals surface area contributed by atoms with Crippen LogP contribution in [-0.2, 0) is 9.59 Å². The van der Waals surface area contributed by atoms with E-state index in [1.165, 1.54) is 12.1 Å². The number of ketones is 2. The van der Waals surface area contributed by atoms with Gasteiger partial charge in [-0.1, -0.05) is 36.4 Å². The molecule has 2 aliphatic carbocycles. The van der Waals surface area contributed by atoms with Crippen LogP contribution in [0.2, 0.25) is 0 Å². The van der Waals surface area contributed by atoms with E-state index in [4.69, 9.17) is 0 Å². The molecular weight excluding hydrogens is 358 g/mol. The van der Waals surface area contributed by atoms with Crippen LogP contribution in [0, 0.1) is 11.8 Å². The standard InChI is InChI=1S/C22H17NO5/c24-19-13-5-1-2-6-14(13)20(25)18-11-12(9-10-15(18)19)23-21(26)16-7-3-4-8-17(16)22(27)28/h1-6,9-11,16-17H,7-8H2,(H,23,26)(H,27,28). The minimum atomic E-state index is -1.01. The van der Waals surface area contributed by atoms with E-state index in [1.54, 1.807) is 42.5 Å². The molecule has 2 unspecified atom stereocenters. The summed E-state index contributed by atoms with van der Waals surface area (Å²) in [5.74, 6) is -3.38. The minimum Gasteiger partial charge on any atom is -0.481 e. The van der Waals surface area contributed by atoms with Gasteiger partial charge in [0.1, 0.15) is 0 Å². The zero-order valence-corrected chi connectivity index (χ0v) is 14.8. The zero-order valence-electron chi connectivity index (χ0n) is 14.8. The van der Waals surface area contributed by atoms with Crippen LogP contribution in [0.5, 0.6) is 0 Å². The number of rotatable bonds is 3. The minimum absolute atomic E-state index is 0.230. The number of carboxylic acids is 1. The number of amides is 1. The Morgan fingerprint density at radius 1 is 0.821 bits per heavy atom. The van der Waals surface area contributed by atoms with Gasteiger partial charge >= 0.3 is 5.97 Å². The Kier molecular flexibility index (Phi) is 4.39. The second-order valence-electron chi connectivity index (χ2n) is 6.95. The van der Waals surface area contributed by atoms with E-state index < -0.39 is 23.7 Å². The third-order valence-electron chi connectivity index (χ3n) is 5.28. The quantitative estimate of drug-likeness (QED) is 0.685. The molecular formula is C22H17NO5. The molecule has 0 aromatic heterocycles. The molecule has 140 valence electrons. The molecule has 0 spiro atoms. The molecule has 0 aliphatic heterocycles. The van der Waals surface area contributed by atoms with Gasteiger partial charge in [-0.25, -0.2) is 0 Å². The summed E-state index contributed by atoms with van der Waals surface area (Å²) in [6.07, 6.45) is 4.22. The van der Waals surface area contributed by atoms with Crippen molar-refractivity contribution in [1.29, 1.82) is 0 Å². The van der Waals surface area contributed by atoms with Gasteiger partial charge in [0.2, 0.25) is 5.91 Å². The topological polar surface area (TPSA) is 101 Å². The summed E-state index contributed by atoms with van der Waals surface area (Å²) in [7, 11) is 0. The van der Waals surface area contributed by atoms with Crippen LogP contribution in [-0.4, -0.2) is 28.5 Å². The number of anilines is 1. The lowest BCUT2D eigenvalue weighted by Crippen LogP contribution is -2.34. The van der Waals surface area contributed by atoms with E-state index in [2.05, 4.69) is 5.32 Å². The van der Waals surface area contributed by atoms with Crippen LogP contribution < -0.4 is 5.32 Å². The van der Waals surface area contributed by atoms with Gasteiger partial charge in [0.15, 0.2) is 11.6 Å². The second-order valence-corrected chi connectivity index (χ2v) is 6.95. The van der Waals surface area contributed by atoms with Crippen molar-refractivity contribution in [3.05, 3.63) is 76.9 Å². The maximum absolute atomic E-state index is 12.8. The van der Waals surface area contributed by atoms with Crippen LogP contribution in [0.15, 0.2) is 54.6 Å². The molecule has 2 aliphatic rings. The number of hydrogen-bond donors (Lipinski definition) is 2. The first-order chi connectivity index (χ1) is 13.5. The number of nitrogens with one attached hydrogen (secondary N) is 1. The van der Waals surface area contributed by atoms with Crippen molar-refractivity contribution in [1.82, 2.24) is 0 Å². The van der Waals surface area contributed by atoms with Crippen LogP contribution in [0.3, 0.4) is 0 Å². The van der Waals surface area contributed by atoms with Gasteiger partial charge < -0.3 is 10.4 Å². The number of hydrogen-bond acceptors (Lipinski definition) is 4. The molecule has 0 saturated carbocycles. The highest BCUT2D eigenvalue weighted by Crippen LogP contribution is 2.31. The van der Waals surface area contributed by atoms with Gasteiger partial charge in [-0.2, -0.15) is 0 Å². The first kappa shape index (κ1) is 17.9. The maximum atomic E-state index is 12.8. The highest BCUT2D eigenvalue weighted by Gasteiger charge is 2.34. The number of aliphatic carboxylic acids is 1. The number of benzene rings is 2. The molecule has 1 amide bonds. The summed E-state index contributed by atoms with van der Waals surface area (Å²) in [5, 5.41) is 12.0. The van der Waals surface area contributed by atoms with Crippen molar-refractivity contribution in [2.75, 3.05) is 5.32 Å². The fourth-order valence-corrected chi connectivity index (χ4v) is 3.79. The lowest BCUT2D eigenvalue weighted by atomic mass is 9.82. The molecule has 6 nitrogen and oxygen atoms in total. The molecule has 2 atom stereocenters. The Morgan fingerprint density at radius 2 is 1.39 bits per heavy atom. The Labute approximate surface area is 160 Å².